The van der Waals surface area contributed by atoms with Crippen LogP contribution in [0.2, 0.25) is 0 Å². The molecule has 0 aromatic heterocycles. The zero-order chi connectivity index (χ0) is 17.4. The van der Waals surface area contributed by atoms with E-state index in [0.29, 0.717) is 19.5 Å². The molecule has 1 aromatic rings. The van der Waals surface area contributed by atoms with Gasteiger partial charge < -0.3 is 20.6 Å². The van der Waals surface area contributed by atoms with Crippen molar-refractivity contribution in [2.75, 3.05) is 6.54 Å². The van der Waals surface area contributed by atoms with Crippen LogP contribution >= 0.6 is 0 Å². The number of carbonyl (C=O) groups is 2. The van der Waals surface area contributed by atoms with Crippen molar-refractivity contribution in [1.82, 2.24) is 15.5 Å². The molecule has 24 heavy (non-hydrogen) atoms. The average Bonchev–Trinajstić information content (AvgIpc) is 2.96. The highest BCUT2D eigenvalue weighted by Gasteiger charge is 2.47. The number of rotatable bonds is 4. The first kappa shape index (κ1) is 16.9. The lowest BCUT2D eigenvalue weighted by atomic mass is 10.0. The molecule has 2 aliphatic heterocycles. The third-order valence-electron chi connectivity index (χ3n) is 5.02. The number of carbonyl (C=O) groups excluding carboxylic acids is 2. The Morgan fingerprint density at radius 2 is 2.12 bits per heavy atom. The van der Waals surface area contributed by atoms with Gasteiger partial charge in [0.1, 0.15) is 12.1 Å². The molecule has 1 aromatic carbocycles. The summed E-state index contributed by atoms with van der Waals surface area (Å²) in [6.07, 6.45) is -0.279. The zero-order valence-corrected chi connectivity index (χ0v) is 14.4. The van der Waals surface area contributed by atoms with Gasteiger partial charge >= 0.3 is 0 Å². The molecule has 2 heterocycles. The van der Waals surface area contributed by atoms with Crippen molar-refractivity contribution in [3.05, 3.63) is 34.9 Å². The Kier molecular flexibility index (Phi) is 4.60. The maximum absolute atomic E-state index is 12.4. The van der Waals surface area contributed by atoms with Gasteiger partial charge in [0.15, 0.2) is 0 Å². The highest BCUT2D eigenvalue weighted by atomic mass is 16.3. The Labute approximate surface area is 142 Å². The van der Waals surface area contributed by atoms with Gasteiger partial charge in [0.05, 0.1) is 6.10 Å². The zero-order valence-electron chi connectivity index (χ0n) is 14.4. The summed E-state index contributed by atoms with van der Waals surface area (Å²) in [5.41, 5.74) is 3.68. The van der Waals surface area contributed by atoms with Crippen LogP contribution in [0, 0.1) is 13.8 Å². The molecule has 3 rings (SSSR count). The lowest BCUT2D eigenvalue weighted by Crippen LogP contribution is -2.64. The van der Waals surface area contributed by atoms with Crippen LogP contribution in [0.4, 0.5) is 0 Å². The second-order valence-corrected chi connectivity index (χ2v) is 6.98. The molecule has 0 aliphatic carbocycles. The van der Waals surface area contributed by atoms with Gasteiger partial charge in [-0.25, -0.2) is 0 Å². The first-order chi connectivity index (χ1) is 11.4. The summed E-state index contributed by atoms with van der Waals surface area (Å²) in [6.45, 7) is 6.89. The first-order valence-electron chi connectivity index (χ1n) is 8.45. The number of amides is 2. The van der Waals surface area contributed by atoms with Crippen molar-refractivity contribution in [2.24, 2.45) is 0 Å². The summed E-state index contributed by atoms with van der Waals surface area (Å²) in [7, 11) is 0. The normalized spacial score (nSPS) is 27.8. The highest BCUT2D eigenvalue weighted by molar-refractivity contribution is 5.97. The molecule has 2 saturated heterocycles. The van der Waals surface area contributed by atoms with E-state index in [9.17, 15) is 14.7 Å². The number of aryl methyl sites for hydroxylation is 2. The van der Waals surface area contributed by atoms with Crippen molar-refractivity contribution in [1.29, 1.82) is 0 Å². The molecule has 0 unspecified atom stereocenters. The lowest BCUT2D eigenvalue weighted by molar-refractivity contribution is -0.149. The Balaban J connectivity index is 1.65. The number of hydrogen-bond acceptors (Lipinski definition) is 4. The predicted molar refractivity (Wildman–Crippen MR) is 90.3 cm³/mol. The van der Waals surface area contributed by atoms with Gasteiger partial charge in [-0.2, -0.15) is 0 Å². The fraction of sp³-hybridized carbons (Fsp3) is 0.556. The van der Waals surface area contributed by atoms with Crippen molar-refractivity contribution >= 4 is 11.8 Å². The number of fused-ring (bicyclic) bond motifs is 1. The van der Waals surface area contributed by atoms with Crippen molar-refractivity contribution in [2.45, 2.75) is 58.0 Å². The molecule has 2 amide bonds. The van der Waals surface area contributed by atoms with Crippen LogP contribution in [0.25, 0.3) is 0 Å². The smallest absolute Gasteiger partial charge is 0.248 e. The predicted octanol–water partition coefficient (Wildman–Crippen LogP) is 0.242. The number of aliphatic hydroxyl groups excluding tert-OH is 1. The molecule has 0 spiro atoms. The summed E-state index contributed by atoms with van der Waals surface area (Å²) < 4.78 is 0. The summed E-state index contributed by atoms with van der Waals surface area (Å²) in [4.78, 5) is 26.3. The van der Waals surface area contributed by atoms with Gasteiger partial charge in [0, 0.05) is 19.1 Å². The Bertz CT molecular complexity index is 659. The van der Waals surface area contributed by atoms with E-state index < -0.39 is 18.2 Å². The van der Waals surface area contributed by atoms with Crippen LogP contribution in [-0.2, 0) is 16.1 Å². The molecular formula is C18H25N3O3. The van der Waals surface area contributed by atoms with Crippen LogP contribution in [0.5, 0.6) is 0 Å². The molecular weight excluding hydrogens is 306 g/mol. The van der Waals surface area contributed by atoms with E-state index in [2.05, 4.69) is 42.7 Å². The van der Waals surface area contributed by atoms with Crippen molar-refractivity contribution in [3.63, 3.8) is 0 Å². The second kappa shape index (κ2) is 6.53. The second-order valence-electron chi connectivity index (χ2n) is 6.98. The van der Waals surface area contributed by atoms with E-state index in [4.69, 9.17) is 0 Å². The van der Waals surface area contributed by atoms with Gasteiger partial charge in [0.25, 0.3) is 0 Å². The SMILES string of the molecule is Cc1ccc(C)c(CN[C@H]2C[C@H]3C(=O)N[C@H]([C@H](C)O)C(=O)N3C2)c1. The lowest BCUT2D eigenvalue weighted by Gasteiger charge is -2.35. The standard InChI is InChI=1S/C18H25N3O3/c1-10-4-5-11(2)13(6-10)8-19-14-7-15-17(23)20-16(12(3)22)18(24)21(15)9-14/h4-6,12,14-16,19,22H,7-9H2,1-3H3,(H,20,23)/t12-,14-,15-,16+/m0/s1. The first-order valence-corrected chi connectivity index (χ1v) is 8.45. The molecule has 4 atom stereocenters. The topological polar surface area (TPSA) is 81.7 Å². The summed E-state index contributed by atoms with van der Waals surface area (Å²) in [6, 6.07) is 5.18. The van der Waals surface area contributed by atoms with Crippen LogP contribution in [-0.4, -0.2) is 52.6 Å². The highest BCUT2D eigenvalue weighted by Crippen LogP contribution is 2.24. The fourth-order valence-electron chi connectivity index (χ4n) is 3.54. The third kappa shape index (κ3) is 3.16. The van der Waals surface area contributed by atoms with E-state index in [-0.39, 0.29) is 17.9 Å². The molecule has 0 radical (unpaired) electrons. The minimum Gasteiger partial charge on any atom is -0.391 e. The molecule has 2 aliphatic rings. The third-order valence-corrected chi connectivity index (χ3v) is 5.02. The maximum Gasteiger partial charge on any atom is 0.248 e. The number of nitrogens with zero attached hydrogens (tertiary/aromatic N) is 1. The summed E-state index contributed by atoms with van der Waals surface area (Å²) in [5.74, 6) is -0.359. The van der Waals surface area contributed by atoms with E-state index in [1.807, 2.05) is 0 Å². The maximum atomic E-state index is 12.4. The van der Waals surface area contributed by atoms with Crippen LogP contribution < -0.4 is 10.6 Å². The molecule has 2 fully saturated rings. The molecule has 0 bridgehead atoms. The van der Waals surface area contributed by atoms with Crippen LogP contribution in [0.1, 0.15) is 30.0 Å². The monoisotopic (exact) mass is 331 g/mol. The Hall–Kier alpha value is -1.92. The van der Waals surface area contributed by atoms with E-state index in [1.54, 1.807) is 4.90 Å². The fourth-order valence-corrected chi connectivity index (χ4v) is 3.54. The van der Waals surface area contributed by atoms with Gasteiger partial charge in [0.2, 0.25) is 11.8 Å². The van der Waals surface area contributed by atoms with Crippen molar-refractivity contribution in [3.8, 4) is 0 Å². The van der Waals surface area contributed by atoms with Gasteiger partial charge in [-0.1, -0.05) is 23.8 Å². The minimum atomic E-state index is -0.885. The van der Waals surface area contributed by atoms with E-state index in [1.165, 1.54) is 23.6 Å². The number of hydrogen-bond donors (Lipinski definition) is 3. The van der Waals surface area contributed by atoms with Crippen molar-refractivity contribution < 1.29 is 14.7 Å². The number of aliphatic hydroxyl groups is 1. The van der Waals surface area contributed by atoms with Gasteiger partial charge in [-0.3, -0.25) is 9.59 Å². The Morgan fingerprint density at radius 3 is 2.83 bits per heavy atom. The van der Waals surface area contributed by atoms with Gasteiger partial charge in [-0.05, 0) is 38.3 Å². The molecule has 0 saturated carbocycles. The van der Waals surface area contributed by atoms with E-state index >= 15 is 0 Å². The number of piperazine rings is 1. The number of benzene rings is 1. The molecule has 6 nitrogen and oxygen atoms in total. The van der Waals surface area contributed by atoms with Crippen LogP contribution in [0.3, 0.4) is 0 Å². The summed E-state index contributed by atoms with van der Waals surface area (Å²) in [5, 5.41) is 15.8. The summed E-state index contributed by atoms with van der Waals surface area (Å²) >= 11 is 0. The van der Waals surface area contributed by atoms with Gasteiger partial charge in [-0.15, -0.1) is 0 Å². The quantitative estimate of drug-likeness (QED) is 0.738. The largest absolute Gasteiger partial charge is 0.391 e. The minimum absolute atomic E-state index is 0.0809. The Morgan fingerprint density at radius 1 is 1.38 bits per heavy atom. The van der Waals surface area contributed by atoms with E-state index in [0.717, 1.165) is 0 Å². The average molecular weight is 331 g/mol. The molecule has 6 heteroatoms. The molecule has 3 N–H and O–H groups in total. The van der Waals surface area contributed by atoms with Crippen LogP contribution in [0.15, 0.2) is 18.2 Å². The molecule has 130 valence electrons. The number of nitrogens with one attached hydrogen (secondary N) is 2.